The smallest absolute Gasteiger partial charge is 0.171 e. The van der Waals surface area contributed by atoms with E-state index in [1.54, 1.807) is 0 Å². The third kappa shape index (κ3) is 6.01. The second-order valence-electron chi connectivity index (χ2n) is 2.55. The van der Waals surface area contributed by atoms with E-state index >= 15 is 0 Å². The molecule has 0 aliphatic rings. The standard InChI is InChI=1S/C6H7ClF6/c7-3-4(6(11,12)13)1-2-5(8,9)10/h4H,1-3H2. The van der Waals surface area contributed by atoms with Crippen molar-refractivity contribution in [3.8, 4) is 0 Å². The molecule has 0 saturated heterocycles. The van der Waals surface area contributed by atoms with Crippen LogP contribution in [0.3, 0.4) is 0 Å². The van der Waals surface area contributed by atoms with Gasteiger partial charge in [0.05, 0.1) is 5.92 Å². The van der Waals surface area contributed by atoms with E-state index in [1.807, 2.05) is 0 Å². The van der Waals surface area contributed by atoms with E-state index in [9.17, 15) is 26.3 Å². The summed E-state index contributed by atoms with van der Waals surface area (Å²) in [5.41, 5.74) is 0. The molecule has 0 aliphatic carbocycles. The van der Waals surface area contributed by atoms with Crippen molar-refractivity contribution in [2.45, 2.75) is 25.2 Å². The predicted octanol–water partition coefficient (Wildman–Crippen LogP) is 3.75. The monoisotopic (exact) mass is 228 g/mol. The number of alkyl halides is 7. The second kappa shape index (κ2) is 4.39. The first-order valence-electron chi connectivity index (χ1n) is 3.36. The van der Waals surface area contributed by atoms with Crippen molar-refractivity contribution < 1.29 is 26.3 Å². The maximum absolute atomic E-state index is 11.8. The third-order valence-corrected chi connectivity index (χ3v) is 1.80. The van der Waals surface area contributed by atoms with Crippen LogP contribution in [0.4, 0.5) is 26.3 Å². The Morgan fingerprint density at radius 2 is 1.46 bits per heavy atom. The fraction of sp³-hybridized carbons (Fsp3) is 1.00. The van der Waals surface area contributed by atoms with Crippen LogP contribution in [0.25, 0.3) is 0 Å². The normalized spacial score (nSPS) is 15.9. The molecule has 1 unspecified atom stereocenters. The van der Waals surface area contributed by atoms with E-state index in [2.05, 4.69) is 0 Å². The Bertz CT molecular complexity index is 148. The molecule has 0 N–H and O–H groups in total. The van der Waals surface area contributed by atoms with Crippen LogP contribution in [-0.2, 0) is 0 Å². The van der Waals surface area contributed by atoms with Crippen molar-refractivity contribution in [1.29, 1.82) is 0 Å². The molecule has 0 saturated carbocycles. The molecule has 0 aliphatic heterocycles. The SMILES string of the molecule is FC(F)(F)CCC(CCl)C(F)(F)F. The highest BCUT2D eigenvalue weighted by Crippen LogP contribution is 2.34. The predicted molar refractivity (Wildman–Crippen MR) is 35.6 cm³/mol. The van der Waals surface area contributed by atoms with Crippen molar-refractivity contribution in [3.63, 3.8) is 0 Å². The van der Waals surface area contributed by atoms with Gasteiger partial charge < -0.3 is 0 Å². The molecule has 0 aromatic carbocycles. The average molecular weight is 229 g/mol. The summed E-state index contributed by atoms with van der Waals surface area (Å²) < 4.78 is 70.1. The van der Waals surface area contributed by atoms with E-state index in [-0.39, 0.29) is 0 Å². The van der Waals surface area contributed by atoms with E-state index in [1.165, 1.54) is 0 Å². The zero-order valence-corrected chi connectivity index (χ0v) is 7.10. The molecule has 0 rings (SSSR count). The van der Waals surface area contributed by atoms with Crippen LogP contribution in [0.2, 0.25) is 0 Å². The summed E-state index contributed by atoms with van der Waals surface area (Å²) >= 11 is 4.89. The van der Waals surface area contributed by atoms with Gasteiger partial charge in [0.15, 0.2) is 0 Å². The Labute approximate surface area is 75.9 Å². The molecular weight excluding hydrogens is 222 g/mol. The summed E-state index contributed by atoms with van der Waals surface area (Å²) in [5.74, 6) is -2.91. The maximum Gasteiger partial charge on any atom is 0.392 e. The fourth-order valence-electron chi connectivity index (χ4n) is 0.666. The molecule has 0 aromatic heterocycles. The minimum Gasteiger partial charge on any atom is -0.171 e. The van der Waals surface area contributed by atoms with Gasteiger partial charge >= 0.3 is 12.4 Å². The van der Waals surface area contributed by atoms with Crippen LogP contribution in [0.5, 0.6) is 0 Å². The molecule has 0 aromatic rings. The third-order valence-electron chi connectivity index (χ3n) is 1.43. The van der Waals surface area contributed by atoms with Crippen LogP contribution >= 0.6 is 11.6 Å². The molecule has 0 fully saturated rings. The summed E-state index contributed by atoms with van der Waals surface area (Å²) in [4.78, 5) is 0. The quantitative estimate of drug-likeness (QED) is 0.510. The van der Waals surface area contributed by atoms with Gasteiger partial charge in [0.25, 0.3) is 0 Å². The molecule has 0 bridgehead atoms. The fourth-order valence-corrected chi connectivity index (χ4v) is 0.995. The van der Waals surface area contributed by atoms with Crippen molar-refractivity contribution in [3.05, 3.63) is 0 Å². The Morgan fingerprint density at radius 3 is 1.69 bits per heavy atom. The van der Waals surface area contributed by atoms with Gasteiger partial charge in [-0.15, -0.1) is 11.6 Å². The summed E-state index contributed by atoms with van der Waals surface area (Å²) in [6, 6.07) is 0. The van der Waals surface area contributed by atoms with Gasteiger partial charge in [0, 0.05) is 12.3 Å². The summed E-state index contributed by atoms with van der Waals surface area (Å²) in [7, 11) is 0. The van der Waals surface area contributed by atoms with Gasteiger partial charge in [-0.2, -0.15) is 26.3 Å². The highest BCUT2D eigenvalue weighted by Gasteiger charge is 2.41. The summed E-state index contributed by atoms with van der Waals surface area (Å²) in [6.45, 7) is 0. The largest absolute Gasteiger partial charge is 0.392 e. The Balaban J connectivity index is 4.02. The molecule has 7 heteroatoms. The summed E-state index contributed by atoms with van der Waals surface area (Å²) in [5, 5.41) is 0. The molecule has 1 atom stereocenters. The maximum atomic E-state index is 11.8. The van der Waals surface area contributed by atoms with E-state index < -0.39 is 37.0 Å². The lowest BCUT2D eigenvalue weighted by molar-refractivity contribution is -0.183. The highest BCUT2D eigenvalue weighted by atomic mass is 35.5. The molecule has 0 nitrogen and oxygen atoms in total. The lowest BCUT2D eigenvalue weighted by Gasteiger charge is -2.17. The number of halogens is 7. The molecular formula is C6H7ClF6. The Morgan fingerprint density at radius 1 is 1.00 bits per heavy atom. The Hall–Kier alpha value is -0.130. The van der Waals surface area contributed by atoms with Gasteiger partial charge in [-0.25, -0.2) is 0 Å². The topological polar surface area (TPSA) is 0 Å². The lowest BCUT2D eigenvalue weighted by Crippen LogP contribution is -2.26. The molecule has 80 valence electrons. The van der Waals surface area contributed by atoms with Crippen LogP contribution in [-0.4, -0.2) is 18.2 Å². The first-order valence-corrected chi connectivity index (χ1v) is 3.89. The Kier molecular flexibility index (Phi) is 4.35. The van der Waals surface area contributed by atoms with E-state index in [4.69, 9.17) is 11.6 Å². The van der Waals surface area contributed by atoms with Crippen molar-refractivity contribution in [2.75, 3.05) is 5.88 Å². The van der Waals surface area contributed by atoms with E-state index in [0.717, 1.165) is 0 Å². The van der Waals surface area contributed by atoms with Crippen molar-refractivity contribution >= 4 is 11.6 Å². The zero-order valence-electron chi connectivity index (χ0n) is 6.34. The first-order chi connectivity index (χ1) is 5.67. The van der Waals surface area contributed by atoms with Gasteiger partial charge in [0.1, 0.15) is 0 Å². The van der Waals surface area contributed by atoms with Crippen molar-refractivity contribution in [1.82, 2.24) is 0 Å². The minimum atomic E-state index is -4.65. The summed E-state index contributed by atoms with van der Waals surface area (Å²) in [6.07, 6.45) is -11.7. The molecule has 0 spiro atoms. The molecule has 0 radical (unpaired) electrons. The van der Waals surface area contributed by atoms with Crippen LogP contribution in [0, 0.1) is 5.92 Å². The number of hydrogen-bond donors (Lipinski definition) is 0. The van der Waals surface area contributed by atoms with E-state index in [0.29, 0.717) is 0 Å². The lowest BCUT2D eigenvalue weighted by atomic mass is 10.1. The van der Waals surface area contributed by atoms with Crippen molar-refractivity contribution in [2.24, 2.45) is 5.92 Å². The number of rotatable bonds is 3. The van der Waals surface area contributed by atoms with Crippen LogP contribution in [0.15, 0.2) is 0 Å². The van der Waals surface area contributed by atoms with Gasteiger partial charge in [-0.05, 0) is 6.42 Å². The minimum absolute atomic E-state index is 0.834. The highest BCUT2D eigenvalue weighted by molar-refractivity contribution is 6.18. The van der Waals surface area contributed by atoms with Crippen LogP contribution in [0.1, 0.15) is 12.8 Å². The second-order valence-corrected chi connectivity index (χ2v) is 2.86. The molecule has 0 heterocycles. The van der Waals surface area contributed by atoms with Gasteiger partial charge in [-0.1, -0.05) is 0 Å². The van der Waals surface area contributed by atoms with Gasteiger partial charge in [-0.3, -0.25) is 0 Å². The average Bonchev–Trinajstić information content (AvgIpc) is 1.82. The molecule has 0 amide bonds. The molecule has 13 heavy (non-hydrogen) atoms. The number of hydrogen-bond acceptors (Lipinski definition) is 0. The zero-order chi connectivity index (χ0) is 10.7. The first kappa shape index (κ1) is 12.9. The van der Waals surface area contributed by atoms with Gasteiger partial charge in [0.2, 0.25) is 0 Å². The van der Waals surface area contributed by atoms with Crippen LogP contribution < -0.4 is 0 Å².